The number of hydrogen-bond acceptors (Lipinski definition) is 3. The van der Waals surface area contributed by atoms with Gasteiger partial charge in [-0.1, -0.05) is 26.8 Å². The number of benzene rings is 1. The van der Waals surface area contributed by atoms with Gasteiger partial charge >= 0.3 is 0 Å². The summed E-state index contributed by atoms with van der Waals surface area (Å²) in [5, 5.41) is 10.1. The third-order valence-corrected chi connectivity index (χ3v) is 4.00. The van der Waals surface area contributed by atoms with Crippen LogP contribution in [0.4, 0.5) is 0 Å². The van der Waals surface area contributed by atoms with E-state index in [9.17, 15) is 5.11 Å². The van der Waals surface area contributed by atoms with Crippen LogP contribution in [0.1, 0.15) is 32.8 Å². The minimum atomic E-state index is -0.335. The first-order chi connectivity index (χ1) is 8.81. The van der Waals surface area contributed by atoms with E-state index in [0.717, 1.165) is 28.0 Å². The smallest absolute Gasteiger partial charge is 0.139 e. The molecule has 0 aliphatic carbocycles. The molecule has 0 radical (unpaired) electrons. The van der Waals surface area contributed by atoms with Gasteiger partial charge in [-0.15, -0.1) is 0 Å². The summed E-state index contributed by atoms with van der Waals surface area (Å²) in [6.07, 6.45) is 1.14. The molecule has 1 aromatic rings. The number of aliphatic hydroxyl groups excluding tert-OH is 1. The lowest BCUT2D eigenvalue weighted by molar-refractivity contribution is 0.0559. The van der Waals surface area contributed by atoms with Gasteiger partial charge < -0.3 is 14.6 Å². The van der Waals surface area contributed by atoms with Crippen molar-refractivity contribution in [2.24, 2.45) is 5.41 Å². The number of halogens is 1. The molecule has 1 atom stereocenters. The highest BCUT2D eigenvalue weighted by Gasteiger charge is 2.22. The third kappa shape index (κ3) is 4.11. The van der Waals surface area contributed by atoms with Crippen LogP contribution >= 0.6 is 15.9 Å². The van der Waals surface area contributed by atoms with Crippen LogP contribution < -0.4 is 9.47 Å². The van der Waals surface area contributed by atoms with E-state index < -0.39 is 0 Å². The van der Waals surface area contributed by atoms with E-state index >= 15 is 0 Å². The van der Waals surface area contributed by atoms with E-state index in [1.807, 2.05) is 32.9 Å². The van der Waals surface area contributed by atoms with E-state index in [0.29, 0.717) is 6.42 Å². The van der Waals surface area contributed by atoms with E-state index in [1.165, 1.54) is 0 Å². The normalized spacial score (nSPS) is 13.2. The number of rotatable bonds is 5. The summed E-state index contributed by atoms with van der Waals surface area (Å²) in [5.41, 5.74) is 0.968. The van der Waals surface area contributed by atoms with E-state index in [2.05, 4.69) is 15.9 Å². The van der Waals surface area contributed by atoms with Crippen LogP contribution in [0.15, 0.2) is 16.6 Å². The number of aryl methyl sites for hydroxylation is 1. The van der Waals surface area contributed by atoms with Crippen molar-refractivity contribution in [1.82, 2.24) is 0 Å². The molecule has 0 aliphatic rings. The minimum absolute atomic E-state index is 0.100. The van der Waals surface area contributed by atoms with Gasteiger partial charge in [0.1, 0.15) is 16.0 Å². The van der Waals surface area contributed by atoms with Crippen LogP contribution in [0.25, 0.3) is 0 Å². The van der Waals surface area contributed by atoms with Crippen molar-refractivity contribution in [3.05, 3.63) is 22.2 Å². The van der Waals surface area contributed by atoms with Gasteiger partial charge in [0.15, 0.2) is 0 Å². The fourth-order valence-electron chi connectivity index (χ4n) is 1.88. The zero-order valence-corrected chi connectivity index (χ0v) is 13.9. The molecule has 0 heterocycles. The van der Waals surface area contributed by atoms with Crippen molar-refractivity contribution < 1.29 is 14.6 Å². The van der Waals surface area contributed by atoms with Gasteiger partial charge in [0, 0.05) is 0 Å². The van der Waals surface area contributed by atoms with Gasteiger partial charge in [-0.3, -0.25) is 0 Å². The number of hydrogen-bond donors (Lipinski definition) is 1. The highest BCUT2D eigenvalue weighted by Crippen LogP contribution is 2.38. The average molecular weight is 331 g/mol. The van der Waals surface area contributed by atoms with Crippen LogP contribution in [0.5, 0.6) is 11.5 Å². The Hall–Kier alpha value is -0.740. The third-order valence-electron chi connectivity index (χ3n) is 3.25. The molecule has 4 heteroatoms. The Morgan fingerprint density at radius 2 is 1.84 bits per heavy atom. The molecule has 1 N–H and O–H groups in total. The van der Waals surface area contributed by atoms with Gasteiger partial charge in [-0.05, 0) is 45.8 Å². The zero-order chi connectivity index (χ0) is 14.6. The van der Waals surface area contributed by atoms with E-state index in [4.69, 9.17) is 9.47 Å². The fraction of sp³-hybridized carbons (Fsp3) is 0.600. The molecule has 0 spiro atoms. The SMILES string of the molecule is COc1ccc(CCC(O)C(C)(C)C)c(OC)c1Br. The Bertz CT molecular complexity index is 424. The molecular weight excluding hydrogens is 308 g/mol. The molecule has 1 aromatic carbocycles. The lowest BCUT2D eigenvalue weighted by Gasteiger charge is -2.26. The van der Waals surface area contributed by atoms with Crippen LogP contribution in [0, 0.1) is 5.41 Å². The molecule has 0 saturated heterocycles. The highest BCUT2D eigenvalue weighted by molar-refractivity contribution is 9.10. The van der Waals surface area contributed by atoms with Gasteiger partial charge in [0.25, 0.3) is 0 Å². The fourth-order valence-corrected chi connectivity index (χ4v) is 2.59. The summed E-state index contributed by atoms with van der Waals surface area (Å²) in [5.74, 6) is 1.53. The van der Waals surface area contributed by atoms with Gasteiger partial charge in [0.05, 0.1) is 20.3 Å². The first-order valence-corrected chi connectivity index (χ1v) is 7.18. The molecule has 0 saturated carbocycles. The Labute approximate surface area is 124 Å². The summed E-state index contributed by atoms with van der Waals surface area (Å²) < 4.78 is 11.5. The largest absolute Gasteiger partial charge is 0.495 e. The maximum Gasteiger partial charge on any atom is 0.139 e. The zero-order valence-electron chi connectivity index (χ0n) is 12.3. The molecule has 0 aliphatic heterocycles. The summed E-state index contributed by atoms with van der Waals surface area (Å²) >= 11 is 3.49. The molecule has 108 valence electrons. The van der Waals surface area contributed by atoms with Crippen LogP contribution in [-0.2, 0) is 6.42 Å². The van der Waals surface area contributed by atoms with Crippen LogP contribution in [0.2, 0.25) is 0 Å². The standard InChI is InChI=1S/C15H23BrO3/c1-15(2,3)12(17)9-7-10-6-8-11(18-4)13(16)14(10)19-5/h6,8,12,17H,7,9H2,1-5H3. The summed E-state index contributed by atoms with van der Waals surface area (Å²) in [7, 11) is 3.27. The van der Waals surface area contributed by atoms with Crippen LogP contribution in [-0.4, -0.2) is 25.4 Å². The van der Waals surface area contributed by atoms with Crippen molar-refractivity contribution in [1.29, 1.82) is 0 Å². The van der Waals surface area contributed by atoms with Crippen molar-refractivity contribution in [3.8, 4) is 11.5 Å². The van der Waals surface area contributed by atoms with E-state index in [1.54, 1.807) is 14.2 Å². The monoisotopic (exact) mass is 330 g/mol. The molecule has 0 amide bonds. The molecule has 0 bridgehead atoms. The van der Waals surface area contributed by atoms with Gasteiger partial charge in [-0.25, -0.2) is 0 Å². The maximum atomic E-state index is 10.1. The molecular formula is C15H23BrO3. The summed E-state index contributed by atoms with van der Waals surface area (Å²) in [6, 6.07) is 3.89. The number of aliphatic hydroxyl groups is 1. The molecule has 1 unspecified atom stereocenters. The number of ether oxygens (including phenoxy) is 2. The molecule has 3 nitrogen and oxygen atoms in total. The molecule has 1 rings (SSSR count). The molecule has 19 heavy (non-hydrogen) atoms. The lowest BCUT2D eigenvalue weighted by atomic mass is 9.85. The van der Waals surface area contributed by atoms with Crippen molar-refractivity contribution in [2.45, 2.75) is 39.7 Å². The second-order valence-corrected chi connectivity index (χ2v) is 6.49. The first-order valence-electron chi connectivity index (χ1n) is 6.38. The van der Waals surface area contributed by atoms with Gasteiger partial charge in [-0.2, -0.15) is 0 Å². The predicted molar refractivity (Wildman–Crippen MR) is 81.0 cm³/mol. The highest BCUT2D eigenvalue weighted by atomic mass is 79.9. The minimum Gasteiger partial charge on any atom is -0.495 e. The topological polar surface area (TPSA) is 38.7 Å². The average Bonchev–Trinajstić information content (AvgIpc) is 2.34. The Balaban J connectivity index is 2.88. The maximum absolute atomic E-state index is 10.1. The lowest BCUT2D eigenvalue weighted by Crippen LogP contribution is -2.26. The summed E-state index contributed by atoms with van der Waals surface area (Å²) in [6.45, 7) is 6.12. The second-order valence-electron chi connectivity index (χ2n) is 5.69. The summed E-state index contributed by atoms with van der Waals surface area (Å²) in [4.78, 5) is 0. The first kappa shape index (κ1) is 16.3. The van der Waals surface area contributed by atoms with Gasteiger partial charge in [0.2, 0.25) is 0 Å². The Morgan fingerprint density at radius 3 is 2.32 bits per heavy atom. The van der Waals surface area contributed by atoms with E-state index in [-0.39, 0.29) is 11.5 Å². The molecule has 0 aromatic heterocycles. The quantitative estimate of drug-likeness (QED) is 0.892. The van der Waals surface area contributed by atoms with Crippen molar-refractivity contribution >= 4 is 15.9 Å². The Morgan fingerprint density at radius 1 is 1.21 bits per heavy atom. The number of methoxy groups -OCH3 is 2. The van der Waals surface area contributed by atoms with Crippen LogP contribution in [0.3, 0.4) is 0 Å². The molecule has 0 fully saturated rings. The van der Waals surface area contributed by atoms with Crippen molar-refractivity contribution in [3.63, 3.8) is 0 Å². The predicted octanol–water partition coefficient (Wildman–Crippen LogP) is 3.81. The van der Waals surface area contributed by atoms with Crippen molar-refractivity contribution in [2.75, 3.05) is 14.2 Å². The Kier molecular flexibility index (Phi) is 5.68. The second kappa shape index (κ2) is 6.62.